The third-order valence-electron chi connectivity index (χ3n) is 3.82. The van der Waals surface area contributed by atoms with Gasteiger partial charge in [-0.3, -0.25) is 9.69 Å². The SMILES string of the molecule is CCOC(=O)N1CCC(OC)c2ccccc2N(C)C(=O)C1. The normalized spacial score (nSPS) is 19.0. The molecule has 1 unspecified atom stereocenters. The molecule has 0 aliphatic carbocycles. The van der Waals surface area contributed by atoms with Crippen molar-refractivity contribution in [2.24, 2.45) is 0 Å². The van der Waals surface area contributed by atoms with Crippen LogP contribution >= 0.6 is 0 Å². The van der Waals surface area contributed by atoms with Crippen molar-refractivity contribution in [2.75, 3.05) is 38.8 Å². The number of hydrogen-bond acceptors (Lipinski definition) is 4. The monoisotopic (exact) mass is 306 g/mol. The number of para-hydroxylation sites is 1. The smallest absolute Gasteiger partial charge is 0.410 e. The average Bonchev–Trinajstić information content (AvgIpc) is 2.58. The molecule has 1 aliphatic rings. The Hall–Kier alpha value is -2.08. The highest BCUT2D eigenvalue weighted by Gasteiger charge is 2.27. The third-order valence-corrected chi connectivity index (χ3v) is 3.82. The van der Waals surface area contributed by atoms with Crippen LogP contribution in [-0.2, 0) is 14.3 Å². The van der Waals surface area contributed by atoms with E-state index >= 15 is 0 Å². The third kappa shape index (κ3) is 3.39. The van der Waals surface area contributed by atoms with E-state index < -0.39 is 6.09 Å². The minimum Gasteiger partial charge on any atom is -0.450 e. The van der Waals surface area contributed by atoms with Gasteiger partial charge in [-0.25, -0.2) is 4.79 Å². The van der Waals surface area contributed by atoms with Gasteiger partial charge in [0.2, 0.25) is 5.91 Å². The Labute approximate surface area is 130 Å². The molecule has 22 heavy (non-hydrogen) atoms. The molecule has 0 spiro atoms. The molecule has 6 heteroatoms. The van der Waals surface area contributed by atoms with Crippen molar-refractivity contribution < 1.29 is 19.1 Å². The molecule has 2 rings (SSSR count). The number of anilines is 1. The topological polar surface area (TPSA) is 59.1 Å². The quantitative estimate of drug-likeness (QED) is 0.840. The molecule has 1 heterocycles. The molecular weight excluding hydrogens is 284 g/mol. The van der Waals surface area contributed by atoms with E-state index in [1.807, 2.05) is 24.3 Å². The predicted molar refractivity (Wildman–Crippen MR) is 82.8 cm³/mol. The van der Waals surface area contributed by atoms with Gasteiger partial charge in [0.05, 0.1) is 12.7 Å². The summed E-state index contributed by atoms with van der Waals surface area (Å²) in [5, 5.41) is 0. The van der Waals surface area contributed by atoms with Crippen molar-refractivity contribution in [3.8, 4) is 0 Å². The minimum atomic E-state index is -0.468. The standard InChI is InChI=1S/C16H22N2O4/c1-4-22-16(20)18-10-9-14(21-3)12-7-5-6-8-13(12)17(2)15(19)11-18/h5-8,14H,4,9-11H2,1-3H3. The van der Waals surface area contributed by atoms with Crippen molar-refractivity contribution in [3.05, 3.63) is 29.8 Å². The summed E-state index contributed by atoms with van der Waals surface area (Å²) in [5.74, 6) is -0.155. The Morgan fingerprint density at radius 1 is 1.36 bits per heavy atom. The van der Waals surface area contributed by atoms with Crippen LogP contribution in [0.25, 0.3) is 0 Å². The van der Waals surface area contributed by atoms with Crippen LogP contribution < -0.4 is 4.90 Å². The Morgan fingerprint density at radius 2 is 2.09 bits per heavy atom. The number of nitrogens with zero attached hydrogens (tertiary/aromatic N) is 2. The number of ether oxygens (including phenoxy) is 2. The van der Waals surface area contributed by atoms with Gasteiger partial charge < -0.3 is 14.4 Å². The van der Waals surface area contributed by atoms with E-state index in [0.29, 0.717) is 13.0 Å². The molecule has 0 fully saturated rings. The van der Waals surface area contributed by atoms with Gasteiger partial charge in [-0.15, -0.1) is 0 Å². The van der Waals surface area contributed by atoms with E-state index in [-0.39, 0.29) is 25.2 Å². The second kappa shape index (κ2) is 7.26. The lowest BCUT2D eigenvalue weighted by molar-refractivity contribution is -0.119. The number of methoxy groups -OCH3 is 1. The molecule has 1 aromatic rings. The molecule has 0 aromatic heterocycles. The minimum absolute atomic E-state index is 0.000101. The Morgan fingerprint density at radius 3 is 2.77 bits per heavy atom. The lowest BCUT2D eigenvalue weighted by Gasteiger charge is -2.23. The van der Waals surface area contributed by atoms with Crippen LogP contribution in [-0.4, -0.2) is 50.8 Å². The first-order chi connectivity index (χ1) is 10.6. The maximum atomic E-state index is 12.4. The highest BCUT2D eigenvalue weighted by Crippen LogP contribution is 2.31. The zero-order valence-electron chi connectivity index (χ0n) is 13.2. The Balaban J connectivity index is 2.33. The number of amides is 2. The summed E-state index contributed by atoms with van der Waals surface area (Å²) in [6.45, 7) is 2.44. The predicted octanol–water partition coefficient (Wildman–Crippen LogP) is 2.20. The maximum Gasteiger partial charge on any atom is 0.410 e. The van der Waals surface area contributed by atoms with Crippen molar-refractivity contribution in [2.45, 2.75) is 19.4 Å². The number of fused-ring (bicyclic) bond motifs is 1. The first kappa shape index (κ1) is 16.3. The number of benzene rings is 1. The number of likely N-dealkylation sites (N-methyl/N-ethyl adjacent to an activating group) is 1. The molecule has 0 saturated carbocycles. The van der Waals surface area contributed by atoms with Gasteiger partial charge in [-0.2, -0.15) is 0 Å². The summed E-state index contributed by atoms with van der Waals surface area (Å²) >= 11 is 0. The number of hydrogen-bond donors (Lipinski definition) is 0. The molecule has 0 bridgehead atoms. The van der Waals surface area contributed by atoms with E-state index in [0.717, 1.165) is 11.3 Å². The molecule has 0 N–H and O–H groups in total. The van der Waals surface area contributed by atoms with Gasteiger partial charge in [0.25, 0.3) is 0 Å². The molecule has 2 amide bonds. The van der Waals surface area contributed by atoms with Crippen LogP contribution in [0.4, 0.5) is 10.5 Å². The molecule has 1 atom stereocenters. The van der Waals surface area contributed by atoms with E-state index in [9.17, 15) is 9.59 Å². The van der Waals surface area contributed by atoms with Gasteiger partial charge in [0.15, 0.2) is 0 Å². The van der Waals surface area contributed by atoms with Gasteiger partial charge in [-0.05, 0) is 19.4 Å². The zero-order valence-corrected chi connectivity index (χ0v) is 13.2. The van der Waals surface area contributed by atoms with Crippen LogP contribution in [0.1, 0.15) is 25.0 Å². The first-order valence-corrected chi connectivity index (χ1v) is 7.38. The summed E-state index contributed by atoms with van der Waals surface area (Å²) in [4.78, 5) is 27.4. The molecule has 1 aromatic carbocycles. The fraction of sp³-hybridized carbons (Fsp3) is 0.500. The van der Waals surface area contributed by atoms with E-state index in [4.69, 9.17) is 9.47 Å². The van der Waals surface area contributed by atoms with E-state index in [1.54, 1.807) is 26.0 Å². The summed E-state index contributed by atoms with van der Waals surface area (Å²) in [7, 11) is 3.35. The summed E-state index contributed by atoms with van der Waals surface area (Å²) < 4.78 is 10.6. The fourth-order valence-corrected chi connectivity index (χ4v) is 2.59. The highest BCUT2D eigenvalue weighted by atomic mass is 16.6. The van der Waals surface area contributed by atoms with Gasteiger partial charge >= 0.3 is 6.09 Å². The molecule has 6 nitrogen and oxygen atoms in total. The van der Waals surface area contributed by atoms with Crippen LogP contribution in [0.2, 0.25) is 0 Å². The van der Waals surface area contributed by atoms with Crippen molar-refractivity contribution in [3.63, 3.8) is 0 Å². The number of carbonyl (C=O) groups is 2. The zero-order chi connectivity index (χ0) is 16.1. The summed E-state index contributed by atoms with van der Waals surface area (Å²) in [5.41, 5.74) is 1.76. The number of carbonyl (C=O) groups excluding carboxylic acids is 2. The summed E-state index contributed by atoms with van der Waals surface area (Å²) in [6.07, 6.45) is -0.0421. The molecular formula is C16H22N2O4. The maximum absolute atomic E-state index is 12.4. The van der Waals surface area contributed by atoms with Gasteiger partial charge in [0.1, 0.15) is 6.54 Å². The molecule has 120 valence electrons. The van der Waals surface area contributed by atoms with Crippen LogP contribution in [0.15, 0.2) is 24.3 Å². The van der Waals surface area contributed by atoms with Crippen LogP contribution in [0.3, 0.4) is 0 Å². The molecule has 1 aliphatic heterocycles. The fourth-order valence-electron chi connectivity index (χ4n) is 2.59. The van der Waals surface area contributed by atoms with Crippen molar-refractivity contribution in [1.82, 2.24) is 4.90 Å². The average molecular weight is 306 g/mol. The molecule has 0 saturated heterocycles. The Bertz CT molecular complexity index is 547. The van der Waals surface area contributed by atoms with Crippen LogP contribution in [0.5, 0.6) is 0 Å². The van der Waals surface area contributed by atoms with E-state index in [1.165, 1.54) is 4.90 Å². The number of rotatable bonds is 2. The first-order valence-electron chi connectivity index (χ1n) is 7.38. The highest BCUT2D eigenvalue weighted by molar-refractivity contribution is 5.96. The largest absolute Gasteiger partial charge is 0.450 e. The summed E-state index contributed by atoms with van der Waals surface area (Å²) in [6, 6.07) is 7.65. The van der Waals surface area contributed by atoms with Crippen molar-refractivity contribution in [1.29, 1.82) is 0 Å². The second-order valence-corrected chi connectivity index (χ2v) is 5.15. The van der Waals surface area contributed by atoms with E-state index in [2.05, 4.69) is 0 Å². The second-order valence-electron chi connectivity index (χ2n) is 5.15. The van der Waals surface area contributed by atoms with Gasteiger partial charge in [-0.1, -0.05) is 18.2 Å². The lowest BCUT2D eigenvalue weighted by Crippen LogP contribution is -2.41. The lowest BCUT2D eigenvalue weighted by atomic mass is 10.0. The Kier molecular flexibility index (Phi) is 5.38. The van der Waals surface area contributed by atoms with Crippen molar-refractivity contribution >= 4 is 17.7 Å². The van der Waals surface area contributed by atoms with Crippen LogP contribution in [0, 0.1) is 0 Å². The van der Waals surface area contributed by atoms with Gasteiger partial charge in [0, 0.05) is 32.0 Å². The molecule has 0 radical (unpaired) electrons.